The molecule has 0 saturated carbocycles. The first kappa shape index (κ1) is 16.6. The molecule has 3 rings (SSSR count). The van der Waals surface area contributed by atoms with Gasteiger partial charge in [-0.3, -0.25) is 4.79 Å². The van der Waals surface area contributed by atoms with Gasteiger partial charge in [0.1, 0.15) is 17.7 Å². The van der Waals surface area contributed by atoms with Gasteiger partial charge in [0.2, 0.25) is 0 Å². The van der Waals surface area contributed by atoms with Crippen molar-refractivity contribution in [3.05, 3.63) is 87.3 Å². The number of carbonyl (C=O) groups excluding carboxylic acids is 1. The summed E-state index contributed by atoms with van der Waals surface area (Å²) in [6, 6.07) is 12.9. The molecule has 0 aliphatic rings. The van der Waals surface area contributed by atoms with Crippen LogP contribution in [0, 0.1) is 9.39 Å². The molecule has 1 N–H and O–H groups in total. The first-order valence-electron chi connectivity index (χ1n) is 7.34. The quantitative estimate of drug-likeness (QED) is 0.636. The lowest BCUT2D eigenvalue weighted by atomic mass is 10.1. The normalized spacial score (nSPS) is 12.0. The summed E-state index contributed by atoms with van der Waals surface area (Å²) in [4.78, 5) is 17.0. The summed E-state index contributed by atoms with van der Waals surface area (Å²) in [5.74, 6) is 0.160. The summed E-state index contributed by atoms with van der Waals surface area (Å²) in [5, 5.41) is 2.99. The summed E-state index contributed by atoms with van der Waals surface area (Å²) in [7, 11) is 1.86. The van der Waals surface area contributed by atoms with E-state index in [0.717, 1.165) is 9.13 Å². The minimum Gasteiger partial charge on any atom is -0.338 e. The number of benzene rings is 2. The van der Waals surface area contributed by atoms with Crippen LogP contribution in [0.25, 0.3) is 0 Å². The van der Waals surface area contributed by atoms with E-state index in [-0.39, 0.29) is 11.7 Å². The van der Waals surface area contributed by atoms with E-state index in [9.17, 15) is 9.18 Å². The number of carbonyl (C=O) groups is 1. The van der Waals surface area contributed by atoms with Gasteiger partial charge in [-0.2, -0.15) is 0 Å². The minimum atomic E-state index is -0.462. The van der Waals surface area contributed by atoms with E-state index < -0.39 is 6.04 Å². The maximum absolute atomic E-state index is 13.2. The van der Waals surface area contributed by atoms with Crippen LogP contribution in [0.2, 0.25) is 0 Å². The topological polar surface area (TPSA) is 46.9 Å². The Morgan fingerprint density at radius 2 is 2.00 bits per heavy atom. The van der Waals surface area contributed by atoms with Gasteiger partial charge in [0.15, 0.2) is 0 Å². The Morgan fingerprint density at radius 1 is 1.25 bits per heavy atom. The summed E-state index contributed by atoms with van der Waals surface area (Å²) in [6.07, 6.45) is 3.48. The zero-order valence-electron chi connectivity index (χ0n) is 12.9. The van der Waals surface area contributed by atoms with E-state index in [0.29, 0.717) is 11.4 Å². The number of hydrogen-bond acceptors (Lipinski definition) is 2. The molecule has 1 amide bonds. The van der Waals surface area contributed by atoms with Crippen molar-refractivity contribution in [3.63, 3.8) is 0 Å². The van der Waals surface area contributed by atoms with Crippen LogP contribution >= 0.6 is 22.6 Å². The minimum absolute atomic E-state index is 0.203. The lowest BCUT2D eigenvalue weighted by molar-refractivity contribution is 0.0941. The van der Waals surface area contributed by atoms with Crippen molar-refractivity contribution in [1.29, 1.82) is 0 Å². The Hall–Kier alpha value is -2.22. The Labute approximate surface area is 152 Å². The largest absolute Gasteiger partial charge is 0.338 e. The second-order valence-corrected chi connectivity index (χ2v) is 6.61. The summed E-state index contributed by atoms with van der Waals surface area (Å²) in [6.45, 7) is 0. The van der Waals surface area contributed by atoms with Gasteiger partial charge < -0.3 is 9.88 Å². The molecule has 0 aliphatic carbocycles. The van der Waals surface area contributed by atoms with Crippen molar-refractivity contribution in [3.8, 4) is 0 Å². The second-order valence-electron chi connectivity index (χ2n) is 5.36. The van der Waals surface area contributed by atoms with Crippen LogP contribution in [-0.4, -0.2) is 15.5 Å². The van der Waals surface area contributed by atoms with Crippen molar-refractivity contribution in [2.75, 3.05) is 0 Å². The van der Waals surface area contributed by atoms with Crippen LogP contribution in [0.4, 0.5) is 4.39 Å². The molecule has 0 bridgehead atoms. The second kappa shape index (κ2) is 7.12. The maximum atomic E-state index is 13.2. The van der Waals surface area contributed by atoms with E-state index >= 15 is 0 Å². The predicted octanol–water partition coefficient (Wildman–Crippen LogP) is 3.68. The first-order valence-corrected chi connectivity index (χ1v) is 8.41. The van der Waals surface area contributed by atoms with E-state index in [1.54, 1.807) is 24.4 Å². The number of aromatic nitrogens is 2. The lowest BCUT2D eigenvalue weighted by Crippen LogP contribution is -2.31. The monoisotopic (exact) mass is 435 g/mol. The van der Waals surface area contributed by atoms with Crippen LogP contribution < -0.4 is 5.32 Å². The number of nitrogens with one attached hydrogen (secondary N) is 1. The van der Waals surface area contributed by atoms with Gasteiger partial charge in [-0.05, 0) is 58.5 Å². The van der Waals surface area contributed by atoms with Crippen LogP contribution in [0.1, 0.15) is 27.8 Å². The third-order valence-corrected chi connectivity index (χ3v) is 4.35. The smallest absolute Gasteiger partial charge is 0.252 e. The highest BCUT2D eigenvalue weighted by atomic mass is 127. The maximum Gasteiger partial charge on any atom is 0.252 e. The van der Waals surface area contributed by atoms with Gasteiger partial charge >= 0.3 is 0 Å². The molecular weight excluding hydrogens is 420 g/mol. The first-order chi connectivity index (χ1) is 11.5. The van der Waals surface area contributed by atoms with Gasteiger partial charge in [0, 0.05) is 28.6 Å². The van der Waals surface area contributed by atoms with Crippen molar-refractivity contribution >= 4 is 28.5 Å². The third kappa shape index (κ3) is 3.64. The molecule has 24 heavy (non-hydrogen) atoms. The molecule has 1 aromatic heterocycles. The molecule has 3 aromatic rings. The number of nitrogens with zero attached hydrogens (tertiary/aromatic N) is 2. The average Bonchev–Trinajstić information content (AvgIpc) is 2.99. The van der Waals surface area contributed by atoms with Crippen LogP contribution in [-0.2, 0) is 7.05 Å². The fraction of sp³-hybridized carbons (Fsp3) is 0.111. The molecule has 1 heterocycles. The molecule has 0 fully saturated rings. The van der Waals surface area contributed by atoms with Crippen LogP contribution in [0.15, 0.2) is 60.9 Å². The Kier molecular flexibility index (Phi) is 4.94. The molecule has 0 saturated heterocycles. The van der Waals surface area contributed by atoms with E-state index in [4.69, 9.17) is 0 Å². The number of halogens is 2. The highest BCUT2D eigenvalue weighted by Crippen LogP contribution is 2.21. The zero-order valence-corrected chi connectivity index (χ0v) is 15.1. The van der Waals surface area contributed by atoms with Gasteiger partial charge in [-0.15, -0.1) is 0 Å². The van der Waals surface area contributed by atoms with Crippen molar-refractivity contribution < 1.29 is 9.18 Å². The zero-order chi connectivity index (χ0) is 17.1. The predicted molar refractivity (Wildman–Crippen MR) is 98.1 cm³/mol. The summed E-state index contributed by atoms with van der Waals surface area (Å²) in [5.41, 5.74) is 1.34. The van der Waals surface area contributed by atoms with E-state index in [2.05, 4.69) is 32.9 Å². The Balaban J connectivity index is 1.95. The summed E-state index contributed by atoms with van der Waals surface area (Å²) < 4.78 is 16.1. The number of aryl methyl sites for hydroxylation is 1. The van der Waals surface area contributed by atoms with E-state index in [1.165, 1.54) is 12.1 Å². The van der Waals surface area contributed by atoms with E-state index in [1.807, 2.05) is 36.0 Å². The average molecular weight is 435 g/mol. The van der Waals surface area contributed by atoms with Crippen molar-refractivity contribution in [1.82, 2.24) is 14.9 Å². The molecule has 2 aromatic carbocycles. The standard InChI is InChI=1S/C18H15FIN3O/c1-23-10-9-21-17(23)16(12-5-7-14(19)8-6-12)22-18(24)13-3-2-4-15(20)11-13/h2-11,16H,1H3,(H,22,24). The van der Waals surface area contributed by atoms with Gasteiger partial charge in [-0.25, -0.2) is 9.37 Å². The van der Waals surface area contributed by atoms with Crippen molar-refractivity contribution in [2.45, 2.75) is 6.04 Å². The molecule has 6 heteroatoms. The van der Waals surface area contributed by atoms with Gasteiger partial charge in [-0.1, -0.05) is 18.2 Å². The molecule has 0 radical (unpaired) electrons. The lowest BCUT2D eigenvalue weighted by Gasteiger charge is -2.19. The highest BCUT2D eigenvalue weighted by molar-refractivity contribution is 14.1. The number of rotatable bonds is 4. The highest BCUT2D eigenvalue weighted by Gasteiger charge is 2.21. The fourth-order valence-corrected chi connectivity index (χ4v) is 2.99. The van der Waals surface area contributed by atoms with Crippen LogP contribution in [0.5, 0.6) is 0 Å². The molecule has 0 spiro atoms. The van der Waals surface area contributed by atoms with Gasteiger partial charge in [0.05, 0.1) is 0 Å². The van der Waals surface area contributed by atoms with Gasteiger partial charge in [0.25, 0.3) is 5.91 Å². The molecule has 1 atom stereocenters. The third-order valence-electron chi connectivity index (χ3n) is 3.68. The molecule has 122 valence electrons. The molecule has 0 aliphatic heterocycles. The number of hydrogen-bond donors (Lipinski definition) is 1. The van der Waals surface area contributed by atoms with Crippen molar-refractivity contribution in [2.24, 2.45) is 7.05 Å². The summed E-state index contributed by atoms with van der Waals surface area (Å²) >= 11 is 2.17. The number of amides is 1. The molecule has 4 nitrogen and oxygen atoms in total. The SMILES string of the molecule is Cn1ccnc1C(NC(=O)c1cccc(I)c1)c1ccc(F)cc1. The number of imidazole rings is 1. The Morgan fingerprint density at radius 3 is 2.62 bits per heavy atom. The fourth-order valence-electron chi connectivity index (χ4n) is 2.45. The Bertz CT molecular complexity index is 861. The van der Waals surface area contributed by atoms with Crippen LogP contribution in [0.3, 0.4) is 0 Å². The molecular formula is C18H15FIN3O. The molecule has 1 unspecified atom stereocenters.